The Hall–Kier alpha value is -0.410. The van der Waals surface area contributed by atoms with Crippen LogP contribution >= 0.6 is 50.7 Å². The third kappa shape index (κ3) is 3.57. The Morgan fingerprint density at radius 1 is 1.11 bits per heavy atom. The molecule has 100 valence electrons. The molecule has 1 N–H and O–H groups in total. The number of benzene rings is 2. The number of nitrogens with one attached hydrogen (secondary N) is 1. The summed E-state index contributed by atoms with van der Waals surface area (Å²) in [5, 5.41) is 5.16. The van der Waals surface area contributed by atoms with Gasteiger partial charge >= 0.3 is 0 Å². The molecule has 0 fully saturated rings. The van der Waals surface area contributed by atoms with E-state index in [-0.39, 0.29) is 6.04 Å². The monoisotopic (exact) mass is 377 g/mol. The highest BCUT2D eigenvalue weighted by molar-refractivity contribution is 9.10. The van der Waals surface area contributed by atoms with Gasteiger partial charge in [-0.3, -0.25) is 0 Å². The molecule has 0 heterocycles. The van der Waals surface area contributed by atoms with Crippen molar-refractivity contribution in [1.82, 2.24) is 0 Å². The lowest BCUT2D eigenvalue weighted by atomic mass is 10.1. The number of anilines is 1. The maximum Gasteiger partial charge on any atom is 0.0644 e. The average molecular weight is 380 g/mol. The van der Waals surface area contributed by atoms with Crippen LogP contribution in [0.2, 0.25) is 15.1 Å². The summed E-state index contributed by atoms with van der Waals surface area (Å²) in [4.78, 5) is 0. The van der Waals surface area contributed by atoms with Crippen LogP contribution in [0.25, 0.3) is 0 Å². The van der Waals surface area contributed by atoms with Gasteiger partial charge in [0.25, 0.3) is 0 Å². The van der Waals surface area contributed by atoms with E-state index in [1.54, 1.807) is 6.07 Å². The van der Waals surface area contributed by atoms with Gasteiger partial charge in [0, 0.05) is 9.50 Å². The van der Waals surface area contributed by atoms with E-state index in [1.165, 1.54) is 0 Å². The second kappa shape index (κ2) is 6.36. The van der Waals surface area contributed by atoms with Crippen LogP contribution in [-0.4, -0.2) is 0 Å². The zero-order valence-corrected chi connectivity index (χ0v) is 13.9. The fourth-order valence-corrected chi connectivity index (χ4v) is 2.78. The highest BCUT2D eigenvalue weighted by Crippen LogP contribution is 2.34. The van der Waals surface area contributed by atoms with Crippen LogP contribution in [0.5, 0.6) is 0 Å². The van der Waals surface area contributed by atoms with E-state index in [1.807, 2.05) is 37.3 Å². The highest BCUT2D eigenvalue weighted by atomic mass is 79.9. The molecule has 2 aromatic carbocycles. The standard InChI is InChI=1S/C14H11BrCl3N/c1-8(10-3-2-4-12(17)14(10)18)19-13-7-9(16)5-6-11(13)15/h2-8,19H,1H3. The van der Waals surface area contributed by atoms with Gasteiger partial charge in [-0.2, -0.15) is 0 Å². The maximum atomic E-state index is 6.22. The normalized spacial score (nSPS) is 12.3. The highest BCUT2D eigenvalue weighted by Gasteiger charge is 2.13. The van der Waals surface area contributed by atoms with E-state index in [0.717, 1.165) is 15.7 Å². The second-order valence-electron chi connectivity index (χ2n) is 4.13. The third-order valence-corrected chi connectivity index (χ3v) is 4.51. The third-order valence-electron chi connectivity index (χ3n) is 2.75. The van der Waals surface area contributed by atoms with Crippen molar-refractivity contribution >= 4 is 56.4 Å². The molecule has 0 saturated carbocycles. The van der Waals surface area contributed by atoms with Crippen molar-refractivity contribution in [3.8, 4) is 0 Å². The first kappa shape index (κ1) is 15.0. The van der Waals surface area contributed by atoms with Gasteiger partial charge < -0.3 is 5.32 Å². The summed E-state index contributed by atoms with van der Waals surface area (Å²) in [7, 11) is 0. The first-order valence-corrected chi connectivity index (χ1v) is 7.57. The van der Waals surface area contributed by atoms with Crippen molar-refractivity contribution in [1.29, 1.82) is 0 Å². The van der Waals surface area contributed by atoms with Crippen LogP contribution in [0.3, 0.4) is 0 Å². The van der Waals surface area contributed by atoms with Crippen molar-refractivity contribution in [3.63, 3.8) is 0 Å². The molecule has 1 unspecified atom stereocenters. The molecule has 0 aliphatic carbocycles. The van der Waals surface area contributed by atoms with Crippen LogP contribution in [0.4, 0.5) is 5.69 Å². The summed E-state index contributed by atoms with van der Waals surface area (Å²) in [5.74, 6) is 0. The predicted molar refractivity (Wildman–Crippen MR) is 87.7 cm³/mol. The predicted octanol–water partition coefficient (Wildman–Crippen LogP) is 6.58. The summed E-state index contributed by atoms with van der Waals surface area (Å²) in [6, 6.07) is 11.2. The summed E-state index contributed by atoms with van der Waals surface area (Å²) in [6.45, 7) is 2.02. The van der Waals surface area contributed by atoms with Gasteiger partial charge in [0.15, 0.2) is 0 Å². The van der Waals surface area contributed by atoms with Crippen molar-refractivity contribution in [3.05, 3.63) is 61.5 Å². The van der Waals surface area contributed by atoms with Crippen LogP contribution in [-0.2, 0) is 0 Å². The zero-order valence-electron chi connectivity index (χ0n) is 10.1. The molecule has 0 saturated heterocycles. The van der Waals surface area contributed by atoms with Gasteiger partial charge in [-0.05, 0) is 52.7 Å². The van der Waals surface area contributed by atoms with E-state index in [0.29, 0.717) is 15.1 Å². The molecular weight excluding hydrogens is 368 g/mol. The molecule has 0 aliphatic heterocycles. The quantitative estimate of drug-likeness (QED) is 0.635. The van der Waals surface area contributed by atoms with Gasteiger partial charge in [0.1, 0.15) is 0 Å². The maximum absolute atomic E-state index is 6.22. The first-order valence-electron chi connectivity index (χ1n) is 5.64. The minimum atomic E-state index is 0.0148. The summed E-state index contributed by atoms with van der Waals surface area (Å²) in [5.41, 5.74) is 1.86. The molecule has 0 aliphatic rings. The summed E-state index contributed by atoms with van der Waals surface area (Å²) >= 11 is 21.7. The summed E-state index contributed by atoms with van der Waals surface area (Å²) < 4.78 is 0.946. The minimum Gasteiger partial charge on any atom is -0.378 e. The lowest BCUT2D eigenvalue weighted by Gasteiger charge is -2.18. The lowest BCUT2D eigenvalue weighted by Crippen LogP contribution is -2.07. The van der Waals surface area contributed by atoms with Crippen LogP contribution in [0, 0.1) is 0 Å². The second-order valence-corrected chi connectivity index (χ2v) is 6.21. The van der Waals surface area contributed by atoms with E-state index >= 15 is 0 Å². The van der Waals surface area contributed by atoms with Crippen molar-refractivity contribution in [2.45, 2.75) is 13.0 Å². The fourth-order valence-electron chi connectivity index (χ4n) is 1.77. The lowest BCUT2D eigenvalue weighted by molar-refractivity contribution is 0.884. The van der Waals surface area contributed by atoms with Crippen molar-refractivity contribution in [2.24, 2.45) is 0 Å². The molecular formula is C14H11BrCl3N. The molecule has 0 amide bonds. The smallest absolute Gasteiger partial charge is 0.0644 e. The van der Waals surface area contributed by atoms with E-state index in [9.17, 15) is 0 Å². The van der Waals surface area contributed by atoms with Gasteiger partial charge in [0.05, 0.1) is 21.8 Å². The fraction of sp³-hybridized carbons (Fsp3) is 0.143. The zero-order chi connectivity index (χ0) is 14.0. The van der Waals surface area contributed by atoms with Gasteiger partial charge in [-0.15, -0.1) is 0 Å². The van der Waals surface area contributed by atoms with Crippen molar-refractivity contribution in [2.75, 3.05) is 5.32 Å². The Morgan fingerprint density at radius 2 is 1.84 bits per heavy atom. The van der Waals surface area contributed by atoms with E-state index in [4.69, 9.17) is 34.8 Å². The van der Waals surface area contributed by atoms with Crippen LogP contribution in [0.1, 0.15) is 18.5 Å². The number of halogens is 4. The number of hydrogen-bond acceptors (Lipinski definition) is 1. The Balaban J connectivity index is 2.28. The average Bonchev–Trinajstić information content (AvgIpc) is 2.37. The SMILES string of the molecule is CC(Nc1cc(Cl)ccc1Br)c1cccc(Cl)c1Cl. The number of hydrogen-bond donors (Lipinski definition) is 1. The first-order chi connectivity index (χ1) is 8.99. The molecule has 0 bridgehead atoms. The van der Waals surface area contributed by atoms with Gasteiger partial charge in [-0.1, -0.05) is 46.9 Å². The largest absolute Gasteiger partial charge is 0.378 e. The Morgan fingerprint density at radius 3 is 2.58 bits per heavy atom. The molecule has 0 spiro atoms. The molecule has 2 aromatic rings. The summed E-state index contributed by atoms with van der Waals surface area (Å²) in [6.07, 6.45) is 0. The molecule has 2 rings (SSSR count). The van der Waals surface area contributed by atoms with Gasteiger partial charge in [-0.25, -0.2) is 0 Å². The molecule has 1 atom stereocenters. The molecule has 19 heavy (non-hydrogen) atoms. The number of rotatable bonds is 3. The molecule has 5 heteroatoms. The van der Waals surface area contributed by atoms with Crippen LogP contribution < -0.4 is 5.32 Å². The molecule has 1 nitrogen and oxygen atoms in total. The molecule has 0 radical (unpaired) electrons. The minimum absolute atomic E-state index is 0.0148. The Bertz CT molecular complexity index is 601. The molecule has 0 aromatic heterocycles. The van der Waals surface area contributed by atoms with Crippen LogP contribution in [0.15, 0.2) is 40.9 Å². The Labute approximate surface area is 136 Å². The van der Waals surface area contributed by atoms with E-state index < -0.39 is 0 Å². The van der Waals surface area contributed by atoms with Crippen molar-refractivity contribution < 1.29 is 0 Å². The van der Waals surface area contributed by atoms with E-state index in [2.05, 4.69) is 21.2 Å². The topological polar surface area (TPSA) is 12.0 Å². The van der Waals surface area contributed by atoms with Gasteiger partial charge in [0.2, 0.25) is 0 Å². The Kier molecular flexibility index (Phi) is 5.02.